The van der Waals surface area contributed by atoms with Crippen molar-refractivity contribution in [2.24, 2.45) is 10.9 Å². The maximum atomic E-state index is 11.4. The number of fused-ring (bicyclic) bond motifs is 4. The molecule has 2 unspecified atom stereocenters. The van der Waals surface area contributed by atoms with Crippen molar-refractivity contribution in [3.8, 4) is 0 Å². The lowest BCUT2D eigenvalue weighted by atomic mass is 9.97. The summed E-state index contributed by atoms with van der Waals surface area (Å²) in [5, 5.41) is 35.4. The topological polar surface area (TPSA) is 175 Å². The number of isothiocyanates is 1. The summed E-state index contributed by atoms with van der Waals surface area (Å²) in [6, 6.07) is 8.15. The molecule has 1 aromatic rings. The molecule has 0 saturated carbocycles. The van der Waals surface area contributed by atoms with E-state index in [1.165, 1.54) is 5.56 Å². The molecule has 2 heterocycles. The summed E-state index contributed by atoms with van der Waals surface area (Å²) < 4.78 is 63.5. The fraction of sp³-hybridized carbons (Fsp3) is 0.621. The van der Waals surface area contributed by atoms with Crippen molar-refractivity contribution >= 4 is 46.9 Å². The van der Waals surface area contributed by atoms with E-state index in [9.17, 15) is 46.1 Å². The molecule has 0 aliphatic carbocycles. The van der Waals surface area contributed by atoms with Crippen molar-refractivity contribution in [3.05, 3.63) is 29.8 Å². The van der Waals surface area contributed by atoms with Gasteiger partial charge in [0.25, 0.3) is 0 Å². The first-order chi connectivity index (χ1) is 22.8. The van der Waals surface area contributed by atoms with Crippen LogP contribution >= 0.6 is 12.2 Å². The maximum absolute atomic E-state index is 11.4. The molecular weight excluding hydrogens is 692 g/mol. The van der Waals surface area contributed by atoms with Crippen LogP contribution in [0.3, 0.4) is 0 Å². The quantitative estimate of drug-likeness (QED) is 0.183. The Morgan fingerprint density at radius 2 is 1.08 bits per heavy atom. The highest BCUT2D eigenvalue weighted by Gasteiger charge is 2.39. The molecule has 0 radical (unpaired) electrons. The average Bonchev–Trinajstić information content (AvgIpc) is 3.03. The van der Waals surface area contributed by atoms with Gasteiger partial charge in [0.1, 0.15) is 0 Å². The molecular formula is C29H39F6N5O8S. The molecule has 2 bridgehead atoms. The van der Waals surface area contributed by atoms with Gasteiger partial charge in [-0.1, -0.05) is 12.1 Å². The zero-order valence-corrected chi connectivity index (χ0v) is 27.1. The van der Waals surface area contributed by atoms with E-state index in [-0.39, 0.29) is 13.1 Å². The number of benzene rings is 1. The SMILES string of the molecule is O=C(O)C(F)(F)F.O=C(O)C(F)(F)F.O=C(O)CN1CCCN2CCN(CC(=O)O)CCCN(CC1)CC(Cc1ccc(N=C=S)cc1)C2. The molecule has 276 valence electrons. The second-order valence-corrected chi connectivity index (χ2v) is 11.4. The summed E-state index contributed by atoms with van der Waals surface area (Å²) in [6.07, 6.45) is -7.45. The molecule has 2 atom stereocenters. The van der Waals surface area contributed by atoms with Crippen LogP contribution in [0.4, 0.5) is 32.0 Å². The van der Waals surface area contributed by atoms with Gasteiger partial charge in [0, 0.05) is 52.4 Å². The second kappa shape index (κ2) is 21.4. The zero-order chi connectivity index (χ0) is 37.2. The smallest absolute Gasteiger partial charge is 0.480 e. The van der Waals surface area contributed by atoms with Crippen molar-refractivity contribution in [3.63, 3.8) is 0 Å². The Labute approximate surface area is 283 Å². The number of thiocarbonyl (C=S) groups is 1. The summed E-state index contributed by atoms with van der Waals surface area (Å²) in [6.45, 7) is 8.31. The summed E-state index contributed by atoms with van der Waals surface area (Å²) >= 11 is 4.70. The van der Waals surface area contributed by atoms with Crippen molar-refractivity contribution in [2.45, 2.75) is 31.6 Å². The van der Waals surface area contributed by atoms with Crippen LogP contribution in [-0.4, -0.2) is 160 Å². The molecule has 49 heavy (non-hydrogen) atoms. The van der Waals surface area contributed by atoms with E-state index in [0.29, 0.717) is 5.92 Å². The molecule has 0 aromatic heterocycles. The molecule has 3 rings (SSSR count). The summed E-state index contributed by atoms with van der Waals surface area (Å²) in [5.41, 5.74) is 2.06. The van der Waals surface area contributed by atoms with E-state index in [2.05, 4.69) is 32.1 Å². The van der Waals surface area contributed by atoms with E-state index in [4.69, 9.17) is 32.0 Å². The van der Waals surface area contributed by atoms with Gasteiger partial charge in [-0.3, -0.25) is 19.4 Å². The van der Waals surface area contributed by atoms with E-state index in [1.807, 2.05) is 21.9 Å². The molecule has 2 saturated heterocycles. The molecule has 0 amide bonds. The summed E-state index contributed by atoms with van der Waals surface area (Å²) in [5.74, 6) is -6.67. The van der Waals surface area contributed by atoms with Crippen molar-refractivity contribution in [1.82, 2.24) is 19.6 Å². The second-order valence-electron chi connectivity index (χ2n) is 11.2. The number of carboxylic acid groups (broad SMARTS) is 4. The fourth-order valence-corrected chi connectivity index (χ4v) is 5.23. The highest BCUT2D eigenvalue weighted by Crippen LogP contribution is 2.19. The van der Waals surface area contributed by atoms with Crippen LogP contribution in [0, 0.1) is 5.92 Å². The van der Waals surface area contributed by atoms with Gasteiger partial charge in [0.2, 0.25) is 0 Å². The molecule has 13 nitrogen and oxygen atoms in total. The Kier molecular flexibility index (Phi) is 18.9. The maximum Gasteiger partial charge on any atom is 0.490 e. The van der Waals surface area contributed by atoms with Crippen LogP contribution in [0.15, 0.2) is 29.3 Å². The van der Waals surface area contributed by atoms with Crippen LogP contribution in [0.5, 0.6) is 0 Å². The number of nitrogens with zero attached hydrogens (tertiary/aromatic N) is 5. The number of aliphatic imine (C=N–C) groups is 1. The van der Waals surface area contributed by atoms with Gasteiger partial charge in [0.05, 0.1) is 23.9 Å². The van der Waals surface area contributed by atoms with Gasteiger partial charge >= 0.3 is 36.2 Å². The predicted molar refractivity (Wildman–Crippen MR) is 166 cm³/mol. The number of halogens is 6. The largest absolute Gasteiger partial charge is 0.490 e. The fourth-order valence-electron chi connectivity index (χ4n) is 5.12. The van der Waals surface area contributed by atoms with Crippen molar-refractivity contribution in [1.29, 1.82) is 0 Å². The highest BCUT2D eigenvalue weighted by molar-refractivity contribution is 7.78. The third-order valence-corrected chi connectivity index (χ3v) is 7.32. The minimum atomic E-state index is -5.08. The van der Waals surface area contributed by atoms with E-state index in [1.54, 1.807) is 0 Å². The van der Waals surface area contributed by atoms with Gasteiger partial charge in [-0.15, -0.1) is 0 Å². The van der Waals surface area contributed by atoms with Gasteiger partial charge in [-0.25, -0.2) is 9.59 Å². The van der Waals surface area contributed by atoms with Gasteiger partial charge in [-0.2, -0.15) is 31.3 Å². The van der Waals surface area contributed by atoms with Crippen LogP contribution in [-0.2, 0) is 25.6 Å². The van der Waals surface area contributed by atoms with Gasteiger partial charge < -0.3 is 30.2 Å². The minimum Gasteiger partial charge on any atom is -0.480 e. The average molecular weight is 732 g/mol. The Balaban J connectivity index is 0.000000717. The number of hydrogen-bond donors (Lipinski definition) is 4. The first kappa shape index (κ1) is 43.3. The number of rotatable bonds is 7. The van der Waals surface area contributed by atoms with Crippen LogP contribution in [0.2, 0.25) is 0 Å². The summed E-state index contributed by atoms with van der Waals surface area (Å²) in [4.78, 5) is 53.6. The number of hydrogen-bond acceptors (Lipinski definition) is 10. The van der Waals surface area contributed by atoms with E-state index >= 15 is 0 Å². The number of carboxylic acids is 4. The third kappa shape index (κ3) is 19.8. The third-order valence-electron chi connectivity index (χ3n) is 7.23. The lowest BCUT2D eigenvalue weighted by Crippen LogP contribution is -2.41. The number of carbonyl (C=O) groups is 4. The van der Waals surface area contributed by atoms with Crippen molar-refractivity contribution in [2.75, 3.05) is 78.5 Å². The Bertz CT molecular complexity index is 1200. The van der Waals surface area contributed by atoms with Crippen LogP contribution in [0.1, 0.15) is 18.4 Å². The van der Waals surface area contributed by atoms with E-state index in [0.717, 1.165) is 90.4 Å². The van der Waals surface area contributed by atoms with Crippen LogP contribution in [0.25, 0.3) is 0 Å². The first-order valence-corrected chi connectivity index (χ1v) is 15.3. The zero-order valence-electron chi connectivity index (χ0n) is 26.3. The molecule has 1 aromatic carbocycles. The molecule has 20 heteroatoms. The molecule has 4 N–H and O–H groups in total. The Hall–Kier alpha value is -3.68. The molecule has 2 aliphatic heterocycles. The Morgan fingerprint density at radius 3 is 1.41 bits per heavy atom. The standard InChI is InChI=1S/C25H37N5O4S.2C2HF3O2/c31-24(32)18-29-9-1-7-27-11-14-30(19-25(33)34)10-2-8-28(12-13-29)17-22(16-27)15-21-3-5-23(6-4-21)26-20-35;2*3-2(4,5)1(6)7/h3-6,22H,1-2,7-19H2,(H,31,32)(H,33,34);2*(H,6,7). The lowest BCUT2D eigenvalue weighted by Gasteiger charge is -2.31. The predicted octanol–water partition coefficient (Wildman–Crippen LogP) is 3.03. The van der Waals surface area contributed by atoms with Gasteiger partial charge in [0.15, 0.2) is 0 Å². The minimum absolute atomic E-state index is 0.0697. The monoisotopic (exact) mass is 731 g/mol. The molecule has 2 fully saturated rings. The lowest BCUT2D eigenvalue weighted by molar-refractivity contribution is -0.193. The number of alkyl halides is 6. The summed E-state index contributed by atoms with van der Waals surface area (Å²) in [7, 11) is 0. The van der Waals surface area contributed by atoms with Gasteiger partial charge in [-0.05, 0) is 68.2 Å². The molecule has 0 spiro atoms. The molecule has 2 aliphatic rings. The Morgan fingerprint density at radius 1 is 0.694 bits per heavy atom. The highest BCUT2D eigenvalue weighted by atomic mass is 32.1. The number of aliphatic carboxylic acids is 4. The first-order valence-electron chi connectivity index (χ1n) is 14.9. The van der Waals surface area contributed by atoms with E-state index < -0.39 is 36.2 Å². The van der Waals surface area contributed by atoms with Crippen molar-refractivity contribution < 1.29 is 65.9 Å². The van der Waals surface area contributed by atoms with Crippen LogP contribution < -0.4 is 0 Å². The normalized spacial score (nSPS) is 21.2.